The quantitative estimate of drug-likeness (QED) is 0.595. The van der Waals surface area contributed by atoms with Crippen LogP contribution in [0.25, 0.3) is 0 Å². The van der Waals surface area contributed by atoms with Gasteiger partial charge in [0.15, 0.2) is 5.78 Å². The van der Waals surface area contributed by atoms with Gasteiger partial charge in [0.2, 0.25) is 0 Å². The zero-order chi connectivity index (χ0) is 16.1. The number of rotatable bonds is 5. The van der Waals surface area contributed by atoms with Crippen LogP contribution in [0, 0.1) is 0 Å². The number of ether oxygens (including phenoxy) is 2. The SMILES string of the molecule is COc1ccc(C(C)=O)cc1COC(=O)c1ccccc1Br. The third-order valence-corrected chi connectivity index (χ3v) is 3.83. The molecule has 0 spiro atoms. The van der Waals surface area contributed by atoms with E-state index in [2.05, 4.69) is 15.9 Å². The van der Waals surface area contributed by atoms with Crippen molar-refractivity contribution in [3.8, 4) is 5.75 Å². The second kappa shape index (κ2) is 7.22. The maximum Gasteiger partial charge on any atom is 0.339 e. The molecule has 0 saturated carbocycles. The first-order valence-electron chi connectivity index (χ1n) is 6.62. The van der Waals surface area contributed by atoms with Crippen LogP contribution in [-0.2, 0) is 11.3 Å². The van der Waals surface area contributed by atoms with Gasteiger partial charge < -0.3 is 9.47 Å². The number of hydrogen-bond donors (Lipinski definition) is 0. The summed E-state index contributed by atoms with van der Waals surface area (Å²) < 4.78 is 11.2. The highest BCUT2D eigenvalue weighted by Gasteiger charge is 2.13. The fraction of sp³-hybridized carbons (Fsp3) is 0.176. The summed E-state index contributed by atoms with van der Waals surface area (Å²) >= 11 is 3.31. The smallest absolute Gasteiger partial charge is 0.339 e. The fourth-order valence-corrected chi connectivity index (χ4v) is 2.40. The van der Waals surface area contributed by atoms with Crippen molar-refractivity contribution in [3.05, 3.63) is 63.6 Å². The van der Waals surface area contributed by atoms with Crippen molar-refractivity contribution >= 4 is 27.7 Å². The minimum absolute atomic E-state index is 0.0322. The van der Waals surface area contributed by atoms with E-state index < -0.39 is 5.97 Å². The molecule has 2 aromatic carbocycles. The van der Waals surface area contributed by atoms with Gasteiger partial charge >= 0.3 is 5.97 Å². The van der Waals surface area contributed by atoms with Gasteiger partial charge in [-0.05, 0) is 53.2 Å². The lowest BCUT2D eigenvalue weighted by atomic mass is 10.1. The molecule has 0 atom stereocenters. The topological polar surface area (TPSA) is 52.6 Å². The molecule has 0 aliphatic carbocycles. The molecule has 4 nitrogen and oxygen atoms in total. The minimum Gasteiger partial charge on any atom is -0.496 e. The number of carbonyl (C=O) groups excluding carboxylic acids is 2. The Labute approximate surface area is 137 Å². The number of methoxy groups -OCH3 is 1. The molecule has 0 aliphatic rings. The highest BCUT2D eigenvalue weighted by atomic mass is 79.9. The van der Waals surface area contributed by atoms with E-state index in [0.717, 1.165) is 0 Å². The van der Waals surface area contributed by atoms with Gasteiger partial charge in [0.25, 0.3) is 0 Å². The normalized spacial score (nSPS) is 10.1. The van der Waals surface area contributed by atoms with Crippen molar-refractivity contribution in [2.45, 2.75) is 13.5 Å². The first kappa shape index (κ1) is 16.2. The van der Waals surface area contributed by atoms with E-state index in [1.54, 1.807) is 36.4 Å². The summed E-state index contributed by atoms with van der Waals surface area (Å²) in [6.07, 6.45) is 0. The Morgan fingerprint density at radius 3 is 2.50 bits per heavy atom. The molecule has 5 heteroatoms. The number of ketones is 1. The van der Waals surface area contributed by atoms with Crippen LogP contribution >= 0.6 is 15.9 Å². The summed E-state index contributed by atoms with van der Waals surface area (Å²) in [6, 6.07) is 12.1. The molecule has 22 heavy (non-hydrogen) atoms. The van der Waals surface area contributed by atoms with Crippen LogP contribution in [0.3, 0.4) is 0 Å². The van der Waals surface area contributed by atoms with Crippen LogP contribution in [0.15, 0.2) is 46.9 Å². The maximum absolute atomic E-state index is 12.1. The Bertz CT molecular complexity index is 710. The van der Waals surface area contributed by atoms with Crippen molar-refractivity contribution in [3.63, 3.8) is 0 Å². The van der Waals surface area contributed by atoms with Crippen LogP contribution in [0.5, 0.6) is 5.75 Å². The molecule has 0 heterocycles. The molecule has 0 aromatic heterocycles. The fourth-order valence-electron chi connectivity index (χ4n) is 1.96. The summed E-state index contributed by atoms with van der Waals surface area (Å²) in [4.78, 5) is 23.5. The van der Waals surface area contributed by atoms with E-state index in [1.165, 1.54) is 14.0 Å². The van der Waals surface area contributed by atoms with Crippen molar-refractivity contribution in [2.75, 3.05) is 7.11 Å². The van der Waals surface area contributed by atoms with Gasteiger partial charge in [-0.25, -0.2) is 4.79 Å². The predicted octanol–water partition coefficient (Wildman–Crippen LogP) is 4.02. The Morgan fingerprint density at radius 2 is 1.86 bits per heavy atom. The van der Waals surface area contributed by atoms with Gasteiger partial charge in [-0.2, -0.15) is 0 Å². The third kappa shape index (κ3) is 3.74. The molecule has 0 radical (unpaired) electrons. The maximum atomic E-state index is 12.1. The number of benzene rings is 2. The van der Waals surface area contributed by atoms with Crippen LogP contribution < -0.4 is 4.74 Å². The van der Waals surface area contributed by atoms with Crippen molar-refractivity contribution in [1.29, 1.82) is 0 Å². The lowest BCUT2D eigenvalue weighted by Gasteiger charge is -2.11. The van der Waals surface area contributed by atoms with Gasteiger partial charge in [-0.3, -0.25) is 4.79 Å². The summed E-state index contributed by atoms with van der Waals surface area (Å²) in [5.41, 5.74) is 1.65. The number of hydrogen-bond acceptors (Lipinski definition) is 4. The Morgan fingerprint density at radius 1 is 1.14 bits per heavy atom. The lowest BCUT2D eigenvalue weighted by Crippen LogP contribution is -2.07. The summed E-state index contributed by atoms with van der Waals surface area (Å²) in [7, 11) is 1.53. The monoisotopic (exact) mass is 362 g/mol. The summed E-state index contributed by atoms with van der Waals surface area (Å²) in [5, 5.41) is 0. The molecule has 114 valence electrons. The largest absolute Gasteiger partial charge is 0.496 e. The number of Topliss-reactive ketones (excluding diaryl/α,β-unsaturated/α-hetero) is 1. The third-order valence-electron chi connectivity index (χ3n) is 3.14. The van der Waals surface area contributed by atoms with E-state index in [0.29, 0.717) is 26.9 Å². The van der Waals surface area contributed by atoms with Crippen LogP contribution in [0.4, 0.5) is 0 Å². The highest BCUT2D eigenvalue weighted by Crippen LogP contribution is 2.23. The van der Waals surface area contributed by atoms with E-state index in [1.807, 2.05) is 6.07 Å². The molecule has 0 saturated heterocycles. The molecular weight excluding hydrogens is 348 g/mol. The summed E-state index contributed by atoms with van der Waals surface area (Å²) in [6.45, 7) is 1.52. The molecule has 0 aliphatic heterocycles. The Balaban J connectivity index is 2.17. The van der Waals surface area contributed by atoms with E-state index >= 15 is 0 Å². The Hall–Kier alpha value is -2.14. The molecule has 0 bridgehead atoms. The highest BCUT2D eigenvalue weighted by molar-refractivity contribution is 9.10. The predicted molar refractivity (Wildman–Crippen MR) is 86.3 cm³/mol. The minimum atomic E-state index is -0.442. The van der Waals surface area contributed by atoms with Crippen LogP contribution in [0.2, 0.25) is 0 Å². The molecule has 0 amide bonds. The van der Waals surface area contributed by atoms with Crippen LogP contribution in [-0.4, -0.2) is 18.9 Å². The van der Waals surface area contributed by atoms with Crippen molar-refractivity contribution in [1.82, 2.24) is 0 Å². The standard InChI is InChI=1S/C17H15BrO4/c1-11(19)12-7-8-16(21-2)13(9-12)10-22-17(20)14-5-3-4-6-15(14)18/h3-9H,10H2,1-2H3. The average molecular weight is 363 g/mol. The molecule has 0 fully saturated rings. The first-order chi connectivity index (χ1) is 10.5. The average Bonchev–Trinajstić information content (AvgIpc) is 2.52. The number of halogens is 1. The van der Waals surface area contributed by atoms with E-state index in [-0.39, 0.29) is 12.4 Å². The second-order valence-electron chi connectivity index (χ2n) is 4.64. The zero-order valence-electron chi connectivity index (χ0n) is 12.3. The van der Waals surface area contributed by atoms with Gasteiger partial charge in [0.05, 0.1) is 12.7 Å². The van der Waals surface area contributed by atoms with Gasteiger partial charge in [0.1, 0.15) is 12.4 Å². The number of esters is 1. The van der Waals surface area contributed by atoms with E-state index in [9.17, 15) is 9.59 Å². The van der Waals surface area contributed by atoms with Crippen molar-refractivity contribution in [2.24, 2.45) is 0 Å². The summed E-state index contributed by atoms with van der Waals surface area (Å²) in [5.74, 6) is 0.0775. The molecule has 2 rings (SSSR count). The number of carbonyl (C=O) groups is 2. The van der Waals surface area contributed by atoms with Gasteiger partial charge in [-0.1, -0.05) is 12.1 Å². The Kier molecular flexibility index (Phi) is 5.33. The molecule has 2 aromatic rings. The lowest BCUT2D eigenvalue weighted by molar-refractivity contribution is 0.0469. The van der Waals surface area contributed by atoms with Crippen LogP contribution in [0.1, 0.15) is 33.2 Å². The molecule has 0 unspecified atom stereocenters. The van der Waals surface area contributed by atoms with Crippen molar-refractivity contribution < 1.29 is 19.1 Å². The molecular formula is C17H15BrO4. The van der Waals surface area contributed by atoms with Gasteiger partial charge in [0, 0.05) is 15.6 Å². The second-order valence-corrected chi connectivity index (χ2v) is 5.49. The van der Waals surface area contributed by atoms with Gasteiger partial charge in [-0.15, -0.1) is 0 Å². The van der Waals surface area contributed by atoms with E-state index in [4.69, 9.17) is 9.47 Å². The molecule has 0 N–H and O–H groups in total. The first-order valence-corrected chi connectivity index (χ1v) is 7.41. The zero-order valence-corrected chi connectivity index (χ0v) is 13.8.